The van der Waals surface area contributed by atoms with Crippen molar-refractivity contribution < 1.29 is 31.9 Å². The van der Waals surface area contributed by atoms with Crippen molar-refractivity contribution in [1.29, 1.82) is 0 Å². The highest BCUT2D eigenvalue weighted by Crippen LogP contribution is 2.36. The number of rotatable bonds is 5. The third-order valence-electron chi connectivity index (χ3n) is 5.27. The maximum Gasteiger partial charge on any atom is 0.416 e. The lowest BCUT2D eigenvalue weighted by molar-refractivity contribution is -0.137. The van der Waals surface area contributed by atoms with Crippen molar-refractivity contribution in [2.24, 2.45) is 0 Å². The number of hydrogen-bond acceptors (Lipinski definition) is 4. The van der Waals surface area contributed by atoms with Crippen LogP contribution in [0.1, 0.15) is 34.8 Å². The van der Waals surface area contributed by atoms with Gasteiger partial charge in [0.1, 0.15) is 17.4 Å². The Labute approximate surface area is 192 Å². The van der Waals surface area contributed by atoms with Gasteiger partial charge in [0.2, 0.25) is 5.91 Å². The first-order valence-corrected chi connectivity index (χ1v) is 10.4. The summed E-state index contributed by atoms with van der Waals surface area (Å²) in [6, 6.07) is 11.6. The van der Waals surface area contributed by atoms with Crippen molar-refractivity contribution in [1.82, 2.24) is 4.98 Å². The summed E-state index contributed by atoms with van der Waals surface area (Å²) in [7, 11) is 0. The van der Waals surface area contributed by atoms with Gasteiger partial charge < -0.3 is 10.1 Å². The first kappa shape index (κ1) is 23.2. The SMILES string of the molecule is CCC(=O)Nc1cccc(N2CCc3c(Oc4ccc(C(F)(F)F)cc4F)cccc3C2=O)n1. The predicted octanol–water partition coefficient (Wildman–Crippen LogP) is 5.58. The van der Waals surface area contributed by atoms with Gasteiger partial charge in [0.25, 0.3) is 5.91 Å². The van der Waals surface area contributed by atoms with E-state index in [1.165, 1.54) is 11.0 Å². The Morgan fingerprint density at radius 1 is 1.12 bits per heavy atom. The molecule has 0 radical (unpaired) electrons. The highest BCUT2D eigenvalue weighted by atomic mass is 19.4. The van der Waals surface area contributed by atoms with Crippen LogP contribution >= 0.6 is 0 Å². The molecule has 0 saturated heterocycles. The topological polar surface area (TPSA) is 71.5 Å². The summed E-state index contributed by atoms with van der Waals surface area (Å²) in [5, 5.41) is 2.65. The minimum atomic E-state index is -4.67. The van der Waals surface area contributed by atoms with Crippen LogP contribution in [0.3, 0.4) is 0 Å². The molecule has 6 nitrogen and oxygen atoms in total. The van der Waals surface area contributed by atoms with E-state index in [2.05, 4.69) is 10.3 Å². The first-order valence-electron chi connectivity index (χ1n) is 10.4. The van der Waals surface area contributed by atoms with E-state index in [1.54, 1.807) is 37.3 Å². The zero-order valence-corrected chi connectivity index (χ0v) is 17.9. The van der Waals surface area contributed by atoms with Crippen LogP contribution in [0.15, 0.2) is 54.6 Å². The molecular formula is C24H19F4N3O3. The van der Waals surface area contributed by atoms with E-state index in [0.29, 0.717) is 35.2 Å². The van der Waals surface area contributed by atoms with Gasteiger partial charge in [-0.25, -0.2) is 9.37 Å². The van der Waals surface area contributed by atoms with Crippen molar-refractivity contribution in [2.75, 3.05) is 16.8 Å². The lowest BCUT2D eigenvalue weighted by Gasteiger charge is -2.29. The molecule has 34 heavy (non-hydrogen) atoms. The van der Waals surface area contributed by atoms with Crippen LogP contribution in [-0.2, 0) is 17.4 Å². The van der Waals surface area contributed by atoms with E-state index in [-0.39, 0.29) is 36.3 Å². The van der Waals surface area contributed by atoms with Gasteiger partial charge in [-0.05, 0) is 48.9 Å². The normalized spacial score (nSPS) is 13.4. The highest BCUT2D eigenvalue weighted by Gasteiger charge is 2.32. The number of fused-ring (bicyclic) bond motifs is 1. The molecule has 1 aromatic heterocycles. The lowest BCUT2D eigenvalue weighted by Crippen LogP contribution is -2.38. The number of amides is 2. The maximum atomic E-state index is 14.3. The first-order chi connectivity index (χ1) is 16.2. The second-order valence-corrected chi connectivity index (χ2v) is 7.52. The molecule has 0 unspecified atom stereocenters. The summed E-state index contributed by atoms with van der Waals surface area (Å²) in [5.41, 5.74) is -0.303. The van der Waals surface area contributed by atoms with Crippen LogP contribution in [-0.4, -0.2) is 23.3 Å². The van der Waals surface area contributed by atoms with E-state index < -0.39 is 17.6 Å². The monoisotopic (exact) mass is 473 g/mol. The minimum absolute atomic E-state index is 0.182. The third-order valence-corrected chi connectivity index (χ3v) is 5.27. The zero-order chi connectivity index (χ0) is 24.5. The number of carbonyl (C=O) groups is 2. The number of anilines is 2. The maximum absolute atomic E-state index is 14.3. The Morgan fingerprint density at radius 3 is 2.59 bits per heavy atom. The molecule has 1 aliphatic rings. The Morgan fingerprint density at radius 2 is 1.88 bits per heavy atom. The van der Waals surface area contributed by atoms with Crippen molar-refractivity contribution in [3.05, 3.63) is 77.1 Å². The van der Waals surface area contributed by atoms with Crippen LogP contribution in [0, 0.1) is 5.82 Å². The molecule has 0 aliphatic carbocycles. The molecule has 2 heterocycles. The summed E-state index contributed by atoms with van der Waals surface area (Å²) < 4.78 is 58.2. The van der Waals surface area contributed by atoms with Crippen LogP contribution in [0.4, 0.5) is 29.2 Å². The van der Waals surface area contributed by atoms with E-state index in [4.69, 9.17) is 4.74 Å². The molecule has 0 fully saturated rings. The number of pyridine rings is 1. The number of alkyl halides is 3. The van der Waals surface area contributed by atoms with Gasteiger partial charge in [-0.2, -0.15) is 13.2 Å². The number of benzene rings is 2. The van der Waals surface area contributed by atoms with Gasteiger partial charge in [-0.15, -0.1) is 0 Å². The van der Waals surface area contributed by atoms with E-state index in [9.17, 15) is 27.2 Å². The number of carbonyl (C=O) groups excluding carboxylic acids is 2. The molecule has 2 aromatic carbocycles. The quantitative estimate of drug-likeness (QED) is 0.491. The summed E-state index contributed by atoms with van der Waals surface area (Å²) >= 11 is 0. The predicted molar refractivity (Wildman–Crippen MR) is 116 cm³/mol. The van der Waals surface area contributed by atoms with Crippen LogP contribution in [0.5, 0.6) is 11.5 Å². The number of halogens is 4. The number of hydrogen-bond donors (Lipinski definition) is 1. The number of nitrogens with zero attached hydrogens (tertiary/aromatic N) is 2. The summed E-state index contributed by atoms with van der Waals surface area (Å²) in [6.45, 7) is 1.94. The Balaban J connectivity index is 1.59. The molecule has 1 aliphatic heterocycles. The molecule has 3 aromatic rings. The van der Waals surface area contributed by atoms with Gasteiger partial charge >= 0.3 is 6.18 Å². The van der Waals surface area contributed by atoms with E-state index in [0.717, 1.165) is 12.1 Å². The van der Waals surface area contributed by atoms with E-state index >= 15 is 0 Å². The average molecular weight is 473 g/mol. The number of nitrogens with one attached hydrogen (secondary N) is 1. The molecule has 0 bridgehead atoms. The van der Waals surface area contributed by atoms with Gasteiger partial charge in [0.15, 0.2) is 11.6 Å². The molecule has 0 spiro atoms. The number of aromatic nitrogens is 1. The third kappa shape index (κ3) is 4.70. The molecule has 10 heteroatoms. The van der Waals surface area contributed by atoms with Crippen molar-refractivity contribution in [3.63, 3.8) is 0 Å². The van der Waals surface area contributed by atoms with Gasteiger partial charge in [0.05, 0.1) is 5.56 Å². The van der Waals surface area contributed by atoms with E-state index in [1.807, 2.05) is 0 Å². The molecule has 4 rings (SSSR count). The Hall–Kier alpha value is -3.95. The molecule has 2 amide bonds. The van der Waals surface area contributed by atoms with Gasteiger partial charge in [0, 0.05) is 24.1 Å². The Bertz CT molecular complexity index is 1260. The fraction of sp³-hybridized carbons (Fsp3) is 0.208. The van der Waals surface area contributed by atoms with Crippen molar-refractivity contribution in [2.45, 2.75) is 25.9 Å². The van der Waals surface area contributed by atoms with Crippen LogP contribution < -0.4 is 15.0 Å². The molecule has 176 valence electrons. The second kappa shape index (κ2) is 9.12. The molecule has 0 atom stereocenters. The fourth-order valence-corrected chi connectivity index (χ4v) is 3.56. The molecule has 0 saturated carbocycles. The molecular weight excluding hydrogens is 454 g/mol. The summed E-state index contributed by atoms with van der Waals surface area (Å²) in [4.78, 5) is 30.6. The zero-order valence-electron chi connectivity index (χ0n) is 17.9. The summed E-state index contributed by atoms with van der Waals surface area (Å²) in [5.74, 6) is -1.27. The minimum Gasteiger partial charge on any atom is -0.454 e. The largest absolute Gasteiger partial charge is 0.454 e. The van der Waals surface area contributed by atoms with Gasteiger partial charge in [-0.3, -0.25) is 14.5 Å². The van der Waals surface area contributed by atoms with Gasteiger partial charge in [-0.1, -0.05) is 19.1 Å². The van der Waals surface area contributed by atoms with Crippen LogP contribution in [0.2, 0.25) is 0 Å². The number of ether oxygens (including phenoxy) is 1. The standard InChI is InChI=1S/C24H19F4N3O3/c1-2-22(32)30-20-7-4-8-21(29-20)31-12-11-15-16(23(31)33)5-3-6-18(15)34-19-10-9-14(13-17(19)25)24(26,27)28/h3-10,13H,2,11-12H2,1H3,(H,29,30,32). The average Bonchev–Trinajstić information content (AvgIpc) is 2.80. The second-order valence-electron chi connectivity index (χ2n) is 7.52. The smallest absolute Gasteiger partial charge is 0.416 e. The molecule has 1 N–H and O–H groups in total. The fourth-order valence-electron chi connectivity index (χ4n) is 3.56. The highest BCUT2D eigenvalue weighted by molar-refractivity contribution is 6.08. The lowest BCUT2D eigenvalue weighted by atomic mass is 9.98. The van der Waals surface area contributed by atoms with Crippen molar-refractivity contribution in [3.8, 4) is 11.5 Å². The van der Waals surface area contributed by atoms with Crippen molar-refractivity contribution >= 4 is 23.5 Å². The Kier molecular flexibility index (Phi) is 6.23. The van der Waals surface area contributed by atoms with Crippen LogP contribution in [0.25, 0.3) is 0 Å². The summed E-state index contributed by atoms with van der Waals surface area (Å²) in [6.07, 6.45) is -4.05.